The van der Waals surface area contributed by atoms with Crippen LogP contribution in [0.5, 0.6) is 0 Å². The first kappa shape index (κ1) is 17.5. The second kappa shape index (κ2) is 7.14. The zero-order valence-corrected chi connectivity index (χ0v) is 13.2. The molecule has 6 nitrogen and oxygen atoms in total. The molecule has 128 valence electrons. The molecule has 0 fully saturated rings. The van der Waals surface area contributed by atoms with Crippen LogP contribution in [0.3, 0.4) is 0 Å². The van der Waals surface area contributed by atoms with Crippen molar-refractivity contribution in [1.29, 1.82) is 0 Å². The van der Waals surface area contributed by atoms with E-state index in [9.17, 15) is 13.2 Å². The zero-order chi connectivity index (χ0) is 17.0. The average molecular weight is 332 g/mol. The Kier molecular flexibility index (Phi) is 5.42. The Morgan fingerprint density at radius 3 is 2.26 bits per heavy atom. The van der Waals surface area contributed by atoms with Gasteiger partial charge in [0, 0.05) is 33.0 Å². The Labute approximate surface area is 131 Å². The number of H-pyrrole nitrogens is 1. The maximum atomic E-state index is 13.1. The highest BCUT2D eigenvalue weighted by molar-refractivity contribution is 5.88. The number of nitrogens with one attached hydrogen (secondary N) is 1. The molecule has 2 rings (SSSR count). The van der Waals surface area contributed by atoms with Crippen molar-refractivity contribution < 1.29 is 22.6 Å². The van der Waals surface area contributed by atoms with Crippen LogP contribution in [0, 0.1) is 6.92 Å². The largest absolute Gasteiger partial charge is 0.451 e. The van der Waals surface area contributed by atoms with Crippen molar-refractivity contribution in [3.8, 4) is 0 Å². The van der Waals surface area contributed by atoms with Crippen LogP contribution in [0.4, 0.5) is 19.0 Å². The molecule has 0 spiro atoms. The summed E-state index contributed by atoms with van der Waals surface area (Å²) in [6.45, 7) is 3.27. The zero-order valence-electron chi connectivity index (χ0n) is 13.2. The quantitative estimate of drug-likeness (QED) is 0.843. The van der Waals surface area contributed by atoms with E-state index in [1.54, 1.807) is 17.9 Å². The molecule has 0 unspecified atom stereocenters. The standard InChI is InChI=1S/C14H19F3N4O2/c1-9-8-10-11(18-9)19-13(14(15,16)17)20-12(10)21(4-6-22-2)5-7-23-3/h8H,4-7H2,1-3H3,(H,18,19,20). The Balaban J connectivity index is 2.53. The van der Waals surface area contributed by atoms with Crippen LogP contribution in [-0.4, -0.2) is 55.5 Å². The van der Waals surface area contributed by atoms with E-state index in [2.05, 4.69) is 15.0 Å². The first-order chi connectivity index (χ1) is 10.9. The van der Waals surface area contributed by atoms with Gasteiger partial charge in [0.2, 0.25) is 5.82 Å². The molecule has 0 saturated carbocycles. The number of anilines is 1. The molecule has 0 bridgehead atoms. The molecule has 0 atom stereocenters. The molecule has 1 N–H and O–H groups in total. The van der Waals surface area contributed by atoms with E-state index in [1.807, 2.05) is 0 Å². The van der Waals surface area contributed by atoms with Crippen LogP contribution < -0.4 is 4.90 Å². The van der Waals surface area contributed by atoms with Crippen LogP contribution in [0.25, 0.3) is 11.0 Å². The number of nitrogens with zero attached hydrogens (tertiary/aromatic N) is 3. The highest BCUT2D eigenvalue weighted by Gasteiger charge is 2.36. The van der Waals surface area contributed by atoms with Gasteiger partial charge in [0.05, 0.1) is 18.6 Å². The van der Waals surface area contributed by atoms with Gasteiger partial charge in [-0.05, 0) is 13.0 Å². The normalized spacial score (nSPS) is 12.1. The molecule has 0 aliphatic heterocycles. The number of halogens is 3. The fourth-order valence-electron chi connectivity index (χ4n) is 2.22. The second-order valence-electron chi connectivity index (χ2n) is 5.06. The van der Waals surface area contributed by atoms with E-state index in [4.69, 9.17) is 9.47 Å². The maximum absolute atomic E-state index is 13.1. The summed E-state index contributed by atoms with van der Waals surface area (Å²) in [6.07, 6.45) is -4.61. The van der Waals surface area contributed by atoms with Gasteiger partial charge in [-0.1, -0.05) is 0 Å². The van der Waals surface area contributed by atoms with Gasteiger partial charge in [-0.25, -0.2) is 9.97 Å². The SMILES string of the molecule is COCCN(CCOC)c1nc(C(F)(F)F)nc2[nH]c(C)cc12. The highest BCUT2D eigenvalue weighted by Crippen LogP contribution is 2.32. The Morgan fingerprint density at radius 1 is 1.13 bits per heavy atom. The van der Waals surface area contributed by atoms with E-state index in [0.717, 1.165) is 0 Å². The predicted molar refractivity (Wildman–Crippen MR) is 79.6 cm³/mol. The van der Waals surface area contributed by atoms with Gasteiger partial charge in [0.1, 0.15) is 11.5 Å². The molecule has 2 aromatic rings. The molecule has 0 aromatic carbocycles. The minimum atomic E-state index is -4.61. The summed E-state index contributed by atoms with van der Waals surface area (Å²) in [6, 6.07) is 1.73. The third-order valence-corrected chi connectivity index (χ3v) is 3.29. The number of ether oxygens (including phenoxy) is 2. The third-order valence-electron chi connectivity index (χ3n) is 3.29. The Bertz CT molecular complexity index is 649. The molecule has 0 amide bonds. The summed E-state index contributed by atoms with van der Waals surface area (Å²) >= 11 is 0. The van der Waals surface area contributed by atoms with Crippen molar-refractivity contribution in [3.63, 3.8) is 0 Å². The van der Waals surface area contributed by atoms with Crippen LogP contribution in [-0.2, 0) is 15.7 Å². The first-order valence-corrected chi connectivity index (χ1v) is 7.04. The number of hydrogen-bond donors (Lipinski definition) is 1. The summed E-state index contributed by atoms with van der Waals surface area (Å²) < 4.78 is 49.3. The maximum Gasteiger partial charge on any atom is 0.451 e. The van der Waals surface area contributed by atoms with Gasteiger partial charge in [-0.2, -0.15) is 13.2 Å². The fourth-order valence-corrected chi connectivity index (χ4v) is 2.22. The van der Waals surface area contributed by atoms with Gasteiger partial charge in [0.25, 0.3) is 0 Å². The van der Waals surface area contributed by atoms with Crippen LogP contribution in [0.15, 0.2) is 6.07 Å². The molecule has 0 radical (unpaired) electrons. The van der Waals surface area contributed by atoms with E-state index >= 15 is 0 Å². The lowest BCUT2D eigenvalue weighted by atomic mass is 10.3. The molecule has 0 saturated heterocycles. The van der Waals surface area contributed by atoms with Crippen molar-refractivity contribution in [2.75, 3.05) is 45.4 Å². The Morgan fingerprint density at radius 2 is 1.74 bits per heavy atom. The molecular formula is C14H19F3N4O2. The van der Waals surface area contributed by atoms with Crippen molar-refractivity contribution in [1.82, 2.24) is 15.0 Å². The lowest BCUT2D eigenvalue weighted by molar-refractivity contribution is -0.144. The molecule has 23 heavy (non-hydrogen) atoms. The highest BCUT2D eigenvalue weighted by atomic mass is 19.4. The summed E-state index contributed by atoms with van der Waals surface area (Å²) in [7, 11) is 3.07. The van der Waals surface area contributed by atoms with Crippen molar-refractivity contribution in [2.45, 2.75) is 13.1 Å². The average Bonchev–Trinajstić information content (AvgIpc) is 2.86. The minimum Gasteiger partial charge on any atom is -0.383 e. The van der Waals surface area contributed by atoms with Gasteiger partial charge in [-0.15, -0.1) is 0 Å². The molecule has 0 aliphatic rings. The van der Waals surface area contributed by atoms with Crippen molar-refractivity contribution in [2.24, 2.45) is 0 Å². The predicted octanol–water partition coefficient (Wildman–Crippen LogP) is 2.38. The van der Waals surface area contributed by atoms with Crippen LogP contribution in [0.1, 0.15) is 11.5 Å². The summed E-state index contributed by atoms with van der Waals surface area (Å²) in [5.74, 6) is -0.942. The summed E-state index contributed by atoms with van der Waals surface area (Å²) in [5, 5.41) is 0.544. The number of hydrogen-bond acceptors (Lipinski definition) is 5. The van der Waals surface area contributed by atoms with Gasteiger partial charge in [0.15, 0.2) is 0 Å². The van der Waals surface area contributed by atoms with E-state index in [1.165, 1.54) is 14.2 Å². The Hall–Kier alpha value is -1.87. The molecule has 0 aliphatic carbocycles. The number of alkyl halides is 3. The number of aromatic amines is 1. The van der Waals surface area contributed by atoms with Crippen molar-refractivity contribution in [3.05, 3.63) is 17.6 Å². The number of aromatic nitrogens is 3. The number of rotatable bonds is 7. The molecule has 2 aromatic heterocycles. The second-order valence-corrected chi connectivity index (χ2v) is 5.06. The fraction of sp³-hybridized carbons (Fsp3) is 0.571. The topological polar surface area (TPSA) is 63.3 Å². The number of fused-ring (bicyclic) bond motifs is 1. The van der Waals surface area contributed by atoms with Gasteiger partial charge >= 0.3 is 6.18 Å². The van der Waals surface area contributed by atoms with Crippen molar-refractivity contribution >= 4 is 16.9 Å². The van der Waals surface area contributed by atoms with E-state index in [-0.39, 0.29) is 11.5 Å². The van der Waals surface area contributed by atoms with Crippen LogP contribution >= 0.6 is 0 Å². The van der Waals surface area contributed by atoms with E-state index < -0.39 is 12.0 Å². The smallest absolute Gasteiger partial charge is 0.383 e. The first-order valence-electron chi connectivity index (χ1n) is 7.04. The van der Waals surface area contributed by atoms with Gasteiger partial charge < -0.3 is 19.4 Å². The van der Waals surface area contributed by atoms with E-state index in [0.29, 0.717) is 37.4 Å². The summed E-state index contributed by atoms with van der Waals surface area (Å²) in [4.78, 5) is 11.9. The minimum absolute atomic E-state index is 0.166. The number of methoxy groups -OCH3 is 2. The van der Waals surface area contributed by atoms with Gasteiger partial charge in [-0.3, -0.25) is 0 Å². The monoisotopic (exact) mass is 332 g/mol. The molecule has 9 heteroatoms. The molecular weight excluding hydrogens is 313 g/mol. The third kappa shape index (κ3) is 4.11. The summed E-state index contributed by atoms with van der Waals surface area (Å²) in [5.41, 5.74) is 0.882. The molecule has 2 heterocycles. The van der Waals surface area contributed by atoms with Crippen LogP contribution in [0.2, 0.25) is 0 Å². The lowest BCUT2D eigenvalue weighted by Crippen LogP contribution is -2.32. The lowest BCUT2D eigenvalue weighted by Gasteiger charge is -2.24. The number of aryl methyl sites for hydroxylation is 1.